The smallest absolute Gasteiger partial charge is 0.135 e. The Bertz CT molecular complexity index is 1030. The fourth-order valence-electron chi connectivity index (χ4n) is 3.43. The van der Waals surface area contributed by atoms with Crippen molar-refractivity contribution in [2.24, 2.45) is 4.99 Å². The Balaban J connectivity index is 1.96. The molecule has 0 atom stereocenters. The Kier molecular flexibility index (Phi) is 6.50. The fraction of sp³-hybridized carbons (Fsp3) is 0.192. The molecule has 148 valence electrons. The van der Waals surface area contributed by atoms with E-state index in [9.17, 15) is 0 Å². The van der Waals surface area contributed by atoms with Gasteiger partial charge in [0.1, 0.15) is 5.84 Å². The van der Waals surface area contributed by atoms with E-state index in [-0.39, 0.29) is 0 Å². The van der Waals surface area contributed by atoms with Gasteiger partial charge in [-0.3, -0.25) is 4.99 Å². The third kappa shape index (κ3) is 4.94. The Hall–Kier alpha value is -3.33. The van der Waals surface area contributed by atoms with Crippen molar-refractivity contribution in [1.29, 1.82) is 0 Å². The largest absolute Gasteiger partial charge is 0.398 e. The predicted molar refractivity (Wildman–Crippen MR) is 125 cm³/mol. The molecule has 3 heteroatoms. The molecule has 0 radical (unpaired) electrons. The molecule has 0 aliphatic carbocycles. The van der Waals surface area contributed by atoms with Crippen LogP contribution in [0.5, 0.6) is 0 Å². The van der Waals surface area contributed by atoms with Gasteiger partial charge in [-0.25, -0.2) is 0 Å². The number of benzene rings is 3. The Morgan fingerprint density at radius 1 is 0.931 bits per heavy atom. The number of nitrogens with one attached hydrogen (secondary N) is 1. The molecule has 0 unspecified atom stereocenters. The van der Waals surface area contributed by atoms with Crippen molar-refractivity contribution in [2.75, 3.05) is 5.73 Å². The van der Waals surface area contributed by atoms with Gasteiger partial charge < -0.3 is 11.1 Å². The molecular formula is C26H29N3. The predicted octanol–water partition coefficient (Wildman–Crippen LogP) is 5.91. The average Bonchev–Trinajstić information content (AvgIpc) is 2.72. The second kappa shape index (κ2) is 9.24. The van der Waals surface area contributed by atoms with E-state index in [1.165, 1.54) is 11.1 Å². The molecule has 0 aliphatic rings. The lowest BCUT2D eigenvalue weighted by molar-refractivity contribution is 0.839. The van der Waals surface area contributed by atoms with Gasteiger partial charge in [0.2, 0.25) is 0 Å². The maximum absolute atomic E-state index is 6.26. The van der Waals surface area contributed by atoms with E-state index in [2.05, 4.69) is 69.1 Å². The zero-order chi connectivity index (χ0) is 20.8. The van der Waals surface area contributed by atoms with Crippen molar-refractivity contribution in [3.63, 3.8) is 0 Å². The maximum Gasteiger partial charge on any atom is 0.135 e. The van der Waals surface area contributed by atoms with Crippen LogP contribution in [0, 0.1) is 6.92 Å². The van der Waals surface area contributed by atoms with Crippen molar-refractivity contribution in [3.05, 3.63) is 107 Å². The molecular weight excluding hydrogens is 354 g/mol. The summed E-state index contributed by atoms with van der Waals surface area (Å²) >= 11 is 0. The quantitative estimate of drug-likeness (QED) is 0.316. The molecule has 0 bridgehead atoms. The Morgan fingerprint density at radius 3 is 2.24 bits per heavy atom. The third-order valence-electron chi connectivity index (χ3n) is 5.04. The van der Waals surface area contributed by atoms with Crippen LogP contribution in [0.2, 0.25) is 0 Å². The molecule has 3 N–H and O–H groups in total. The molecule has 3 aromatic rings. The van der Waals surface area contributed by atoms with Gasteiger partial charge in [-0.2, -0.15) is 0 Å². The van der Waals surface area contributed by atoms with E-state index < -0.39 is 0 Å². The summed E-state index contributed by atoms with van der Waals surface area (Å²) in [5, 5.41) is 3.43. The Morgan fingerprint density at radius 2 is 1.55 bits per heavy atom. The minimum atomic E-state index is 0.446. The zero-order valence-electron chi connectivity index (χ0n) is 17.4. The molecule has 0 saturated carbocycles. The number of nitrogens with zero attached hydrogens (tertiary/aromatic N) is 1. The minimum absolute atomic E-state index is 0.446. The van der Waals surface area contributed by atoms with E-state index in [0.717, 1.165) is 28.2 Å². The highest BCUT2D eigenvalue weighted by molar-refractivity contribution is 6.06. The van der Waals surface area contributed by atoms with Crippen LogP contribution in [0.4, 0.5) is 5.69 Å². The summed E-state index contributed by atoms with van der Waals surface area (Å²) < 4.78 is 0. The van der Waals surface area contributed by atoms with Crippen LogP contribution in [0.1, 0.15) is 47.6 Å². The van der Waals surface area contributed by atoms with Crippen LogP contribution in [0.25, 0.3) is 5.70 Å². The van der Waals surface area contributed by atoms with Gasteiger partial charge in [-0.15, -0.1) is 0 Å². The number of hydrogen-bond donors (Lipinski definition) is 2. The first-order valence-electron chi connectivity index (χ1n) is 9.96. The zero-order valence-corrected chi connectivity index (χ0v) is 17.4. The standard InChI is InChI=1S/C26H29N3/c1-18(2)22-13-8-6-12-21(22)17-28-26(24-15-9-10-16-25(24)27)29-20(4)23-14-7-5-11-19(23)3/h5-16,18H,4,17,27H2,1-3H3,(H,28,29). The van der Waals surface area contributed by atoms with Crippen molar-refractivity contribution in [3.8, 4) is 0 Å². The molecule has 0 heterocycles. The van der Waals surface area contributed by atoms with Crippen molar-refractivity contribution < 1.29 is 0 Å². The highest BCUT2D eigenvalue weighted by atomic mass is 15.0. The summed E-state index contributed by atoms with van der Waals surface area (Å²) in [6.07, 6.45) is 0. The average molecular weight is 384 g/mol. The first-order chi connectivity index (χ1) is 14.0. The van der Waals surface area contributed by atoms with E-state index in [1.54, 1.807) is 0 Å². The van der Waals surface area contributed by atoms with Crippen LogP contribution >= 0.6 is 0 Å². The topological polar surface area (TPSA) is 50.4 Å². The van der Waals surface area contributed by atoms with Gasteiger partial charge in [0.15, 0.2) is 0 Å². The van der Waals surface area contributed by atoms with Crippen LogP contribution in [0.3, 0.4) is 0 Å². The summed E-state index contributed by atoms with van der Waals surface area (Å²) in [6.45, 7) is 11.3. The number of nitrogen functional groups attached to an aromatic ring is 1. The molecule has 0 saturated heterocycles. The first-order valence-corrected chi connectivity index (χ1v) is 9.96. The van der Waals surface area contributed by atoms with E-state index in [1.807, 2.05) is 36.4 Å². The van der Waals surface area contributed by atoms with E-state index in [0.29, 0.717) is 18.2 Å². The lowest BCUT2D eigenvalue weighted by Crippen LogP contribution is -2.24. The lowest BCUT2D eigenvalue weighted by atomic mass is 9.97. The van der Waals surface area contributed by atoms with Gasteiger partial charge in [0.05, 0.1) is 6.54 Å². The molecule has 3 aromatic carbocycles. The molecule has 3 nitrogen and oxygen atoms in total. The van der Waals surface area contributed by atoms with Crippen LogP contribution in [-0.2, 0) is 6.54 Å². The molecule has 0 spiro atoms. The number of aliphatic imine (C=N–C) groups is 1. The number of amidine groups is 1. The molecule has 0 aliphatic heterocycles. The summed E-state index contributed by atoms with van der Waals surface area (Å²) in [6, 6.07) is 24.4. The summed E-state index contributed by atoms with van der Waals surface area (Å²) in [7, 11) is 0. The SMILES string of the molecule is C=C(NC(=NCc1ccccc1C(C)C)c1ccccc1N)c1ccccc1C. The lowest BCUT2D eigenvalue weighted by Gasteiger charge is -2.17. The van der Waals surface area contributed by atoms with Crippen LogP contribution in [0.15, 0.2) is 84.4 Å². The molecule has 3 rings (SSSR count). The van der Waals surface area contributed by atoms with Crippen LogP contribution < -0.4 is 11.1 Å². The molecule has 0 amide bonds. The van der Waals surface area contributed by atoms with Gasteiger partial charge in [-0.05, 0) is 41.7 Å². The Labute approximate surface area is 174 Å². The second-order valence-corrected chi connectivity index (χ2v) is 7.52. The van der Waals surface area contributed by atoms with Crippen molar-refractivity contribution in [2.45, 2.75) is 33.2 Å². The van der Waals surface area contributed by atoms with Gasteiger partial charge in [0, 0.05) is 22.5 Å². The molecule has 29 heavy (non-hydrogen) atoms. The summed E-state index contributed by atoms with van der Waals surface area (Å²) in [4.78, 5) is 4.93. The van der Waals surface area contributed by atoms with Crippen molar-refractivity contribution in [1.82, 2.24) is 5.32 Å². The minimum Gasteiger partial charge on any atom is -0.398 e. The van der Waals surface area contributed by atoms with E-state index >= 15 is 0 Å². The van der Waals surface area contributed by atoms with Gasteiger partial charge in [-0.1, -0.05) is 81.1 Å². The highest BCUT2D eigenvalue weighted by Gasteiger charge is 2.12. The van der Waals surface area contributed by atoms with Crippen molar-refractivity contribution >= 4 is 17.2 Å². The van der Waals surface area contributed by atoms with Gasteiger partial charge >= 0.3 is 0 Å². The summed E-state index contributed by atoms with van der Waals surface area (Å²) in [5.74, 6) is 1.18. The number of rotatable bonds is 6. The number of hydrogen-bond acceptors (Lipinski definition) is 2. The molecule has 0 fully saturated rings. The third-order valence-corrected chi connectivity index (χ3v) is 5.04. The maximum atomic E-state index is 6.26. The van der Waals surface area contributed by atoms with Crippen LogP contribution in [-0.4, -0.2) is 5.84 Å². The number of para-hydroxylation sites is 1. The fourth-order valence-corrected chi connectivity index (χ4v) is 3.43. The number of anilines is 1. The monoisotopic (exact) mass is 383 g/mol. The van der Waals surface area contributed by atoms with E-state index in [4.69, 9.17) is 10.7 Å². The van der Waals surface area contributed by atoms with Gasteiger partial charge in [0.25, 0.3) is 0 Å². The normalized spacial score (nSPS) is 11.5. The highest BCUT2D eigenvalue weighted by Crippen LogP contribution is 2.21. The number of nitrogens with two attached hydrogens (primary N) is 1. The number of aryl methyl sites for hydroxylation is 1. The molecule has 0 aromatic heterocycles. The first kappa shape index (κ1) is 20.4. The second-order valence-electron chi connectivity index (χ2n) is 7.52. The summed E-state index contributed by atoms with van der Waals surface area (Å²) in [5.41, 5.74) is 13.4.